The molecule has 0 saturated carbocycles. The van der Waals surface area contributed by atoms with Crippen molar-refractivity contribution in [1.29, 1.82) is 0 Å². The molecule has 4 nitrogen and oxygen atoms in total. The zero-order valence-electron chi connectivity index (χ0n) is 15.8. The molecule has 1 aliphatic heterocycles. The molecule has 1 aliphatic rings. The first-order chi connectivity index (χ1) is 14.6. The van der Waals surface area contributed by atoms with Crippen LogP contribution in [0.25, 0.3) is 5.69 Å². The third kappa shape index (κ3) is 3.17. The molecule has 30 heavy (non-hydrogen) atoms. The largest absolute Gasteiger partial charge is 0.323 e. The molecule has 0 spiro atoms. The summed E-state index contributed by atoms with van der Waals surface area (Å²) in [5.41, 5.74) is 2.86. The van der Waals surface area contributed by atoms with E-state index >= 15 is 0 Å². The van der Waals surface area contributed by atoms with Crippen molar-refractivity contribution in [1.82, 2.24) is 9.47 Å². The Morgan fingerprint density at radius 1 is 1.03 bits per heavy atom. The summed E-state index contributed by atoms with van der Waals surface area (Å²) >= 11 is 1.56. The smallest absolute Gasteiger partial charge is 0.318 e. The maximum Gasteiger partial charge on any atom is 0.323 e. The van der Waals surface area contributed by atoms with Crippen LogP contribution < -0.4 is 5.32 Å². The average molecular weight is 421 g/mol. The first-order valence-corrected chi connectivity index (χ1v) is 10.3. The Balaban J connectivity index is 1.61. The number of nitrogens with zero attached hydrogens (tertiary/aromatic N) is 2. The van der Waals surface area contributed by atoms with Crippen molar-refractivity contribution in [3.8, 4) is 5.69 Å². The third-order valence-corrected chi connectivity index (χ3v) is 6.13. The first kappa shape index (κ1) is 18.6. The van der Waals surface area contributed by atoms with E-state index in [2.05, 4.69) is 9.88 Å². The number of nitrogens with one attached hydrogen (secondary N) is 1. The van der Waals surface area contributed by atoms with Crippen LogP contribution in [0.5, 0.6) is 0 Å². The third-order valence-electron chi connectivity index (χ3n) is 5.21. The Morgan fingerprint density at radius 3 is 2.70 bits per heavy atom. The van der Waals surface area contributed by atoms with Gasteiger partial charge in [0.1, 0.15) is 17.7 Å². The Bertz CT molecular complexity index is 1220. The summed E-state index contributed by atoms with van der Waals surface area (Å²) in [6.45, 7) is 0.342. The van der Waals surface area contributed by atoms with E-state index in [1.54, 1.807) is 16.2 Å². The summed E-state index contributed by atoms with van der Waals surface area (Å²) in [7, 11) is 0. The molecule has 5 rings (SSSR count). The molecule has 4 aromatic rings. The normalized spacial score (nSPS) is 15.3. The van der Waals surface area contributed by atoms with Crippen LogP contribution in [0, 0.1) is 11.6 Å². The molecule has 1 atom stereocenters. The van der Waals surface area contributed by atoms with Crippen molar-refractivity contribution in [2.75, 3.05) is 5.32 Å². The number of urea groups is 1. The number of fused-ring (bicyclic) bond motifs is 3. The zero-order valence-corrected chi connectivity index (χ0v) is 16.6. The zero-order chi connectivity index (χ0) is 20.7. The van der Waals surface area contributed by atoms with Crippen LogP contribution in [0.3, 0.4) is 0 Å². The van der Waals surface area contributed by atoms with Crippen LogP contribution in [0.15, 0.2) is 78.3 Å². The molecule has 1 unspecified atom stereocenters. The van der Waals surface area contributed by atoms with Crippen LogP contribution in [-0.4, -0.2) is 15.5 Å². The van der Waals surface area contributed by atoms with Gasteiger partial charge in [-0.1, -0.05) is 24.3 Å². The second-order valence-corrected chi connectivity index (χ2v) is 8.01. The predicted octanol–water partition coefficient (Wildman–Crippen LogP) is 5.95. The van der Waals surface area contributed by atoms with E-state index in [1.165, 1.54) is 6.07 Å². The lowest BCUT2D eigenvalue weighted by Crippen LogP contribution is -2.37. The minimum atomic E-state index is -0.811. The highest BCUT2D eigenvalue weighted by Crippen LogP contribution is 2.38. The number of hydrogen-bond donors (Lipinski definition) is 1. The minimum Gasteiger partial charge on any atom is -0.318 e. The lowest BCUT2D eigenvalue weighted by atomic mass is 10.1. The molecule has 1 N–H and O–H groups in total. The molecular formula is C23H17F2N3OS. The molecule has 0 fully saturated rings. The number of hydrogen-bond acceptors (Lipinski definition) is 2. The number of anilines is 1. The number of halogens is 2. The van der Waals surface area contributed by atoms with Gasteiger partial charge >= 0.3 is 6.03 Å². The van der Waals surface area contributed by atoms with Crippen molar-refractivity contribution in [3.63, 3.8) is 0 Å². The van der Waals surface area contributed by atoms with Gasteiger partial charge in [-0.3, -0.25) is 0 Å². The van der Waals surface area contributed by atoms with E-state index in [0.29, 0.717) is 6.54 Å². The minimum absolute atomic E-state index is 0.0563. The van der Waals surface area contributed by atoms with Crippen LogP contribution in [-0.2, 0) is 6.54 Å². The van der Waals surface area contributed by atoms with Crippen LogP contribution in [0.4, 0.5) is 19.3 Å². The van der Waals surface area contributed by atoms with Gasteiger partial charge in [0.2, 0.25) is 0 Å². The maximum atomic E-state index is 14.2. The number of amides is 2. The Kier molecular flexibility index (Phi) is 4.59. The molecule has 0 saturated heterocycles. The number of rotatable bonds is 2. The second kappa shape index (κ2) is 7.42. The van der Waals surface area contributed by atoms with E-state index in [0.717, 1.165) is 34.0 Å². The van der Waals surface area contributed by atoms with Crippen molar-refractivity contribution >= 4 is 23.1 Å². The van der Waals surface area contributed by atoms with Gasteiger partial charge in [0.15, 0.2) is 0 Å². The summed E-state index contributed by atoms with van der Waals surface area (Å²) in [5.74, 6) is -1.50. The molecule has 2 aromatic carbocycles. The Morgan fingerprint density at radius 2 is 1.90 bits per heavy atom. The van der Waals surface area contributed by atoms with Crippen LogP contribution >= 0.6 is 11.3 Å². The fourth-order valence-corrected chi connectivity index (χ4v) is 4.71. The summed E-state index contributed by atoms with van der Waals surface area (Å²) in [6, 6.07) is 18.1. The number of aromatic nitrogens is 1. The number of carbonyl (C=O) groups excluding carboxylic acids is 1. The molecule has 2 aromatic heterocycles. The standard InChI is InChI=1S/C23H17F2N3OS/c24-16-9-10-18(17(25)13-16)26-23(29)28-14-15-5-1-2-6-19(15)27-11-3-7-20(27)22(28)21-8-4-12-30-21/h1-13,22H,14H2,(H,26,29). The van der Waals surface area contributed by atoms with Gasteiger partial charge in [0.25, 0.3) is 0 Å². The summed E-state index contributed by atoms with van der Waals surface area (Å²) in [5, 5.41) is 4.59. The molecule has 150 valence electrons. The highest BCUT2D eigenvalue weighted by molar-refractivity contribution is 7.10. The number of para-hydroxylation sites is 1. The number of thiophene rings is 1. The molecule has 7 heteroatoms. The molecule has 0 radical (unpaired) electrons. The Labute approximate surface area is 176 Å². The first-order valence-electron chi connectivity index (χ1n) is 9.43. The average Bonchev–Trinajstić information content (AvgIpc) is 3.41. The van der Waals surface area contributed by atoms with E-state index in [9.17, 15) is 13.6 Å². The number of carbonyl (C=O) groups is 1. The molecule has 3 heterocycles. The van der Waals surface area contributed by atoms with Crippen molar-refractivity contribution in [3.05, 3.63) is 106 Å². The van der Waals surface area contributed by atoms with Crippen molar-refractivity contribution < 1.29 is 13.6 Å². The van der Waals surface area contributed by atoms with E-state index < -0.39 is 17.7 Å². The van der Waals surface area contributed by atoms with Crippen LogP contribution in [0.2, 0.25) is 0 Å². The van der Waals surface area contributed by atoms with E-state index in [-0.39, 0.29) is 11.7 Å². The highest BCUT2D eigenvalue weighted by atomic mass is 32.1. The quantitative estimate of drug-likeness (QED) is 0.426. The van der Waals surface area contributed by atoms with Gasteiger partial charge in [-0.05, 0) is 47.3 Å². The monoisotopic (exact) mass is 421 g/mol. The fourth-order valence-electron chi connectivity index (χ4n) is 3.86. The van der Waals surface area contributed by atoms with Gasteiger partial charge in [-0.15, -0.1) is 11.3 Å². The van der Waals surface area contributed by atoms with Crippen molar-refractivity contribution in [2.45, 2.75) is 12.6 Å². The second-order valence-electron chi connectivity index (χ2n) is 7.03. The lowest BCUT2D eigenvalue weighted by molar-refractivity contribution is 0.195. The molecule has 2 amide bonds. The molecule has 0 aliphatic carbocycles. The predicted molar refractivity (Wildman–Crippen MR) is 113 cm³/mol. The Hall–Kier alpha value is -3.45. The summed E-state index contributed by atoms with van der Waals surface area (Å²) < 4.78 is 29.5. The SMILES string of the molecule is O=C(Nc1ccc(F)cc1F)N1Cc2ccccc2-n2cccc2C1c1cccs1. The lowest BCUT2D eigenvalue weighted by Gasteiger charge is -2.30. The van der Waals surface area contributed by atoms with Gasteiger partial charge in [0.05, 0.1) is 23.6 Å². The maximum absolute atomic E-state index is 14.2. The van der Waals surface area contributed by atoms with Gasteiger partial charge in [-0.2, -0.15) is 0 Å². The topological polar surface area (TPSA) is 37.3 Å². The van der Waals surface area contributed by atoms with E-state index in [1.807, 2.05) is 60.1 Å². The van der Waals surface area contributed by atoms with E-state index in [4.69, 9.17) is 0 Å². The fraction of sp³-hybridized carbons (Fsp3) is 0.0870. The van der Waals surface area contributed by atoms with Gasteiger partial charge in [-0.25, -0.2) is 13.6 Å². The summed E-state index contributed by atoms with van der Waals surface area (Å²) in [6.07, 6.45) is 1.98. The molecular weight excluding hydrogens is 404 g/mol. The van der Waals surface area contributed by atoms with Gasteiger partial charge in [0, 0.05) is 17.1 Å². The van der Waals surface area contributed by atoms with Crippen molar-refractivity contribution in [2.24, 2.45) is 0 Å². The number of benzene rings is 2. The summed E-state index contributed by atoms with van der Waals surface area (Å²) in [4.78, 5) is 16.0. The molecule has 0 bridgehead atoms. The van der Waals surface area contributed by atoms with Crippen LogP contribution in [0.1, 0.15) is 22.2 Å². The van der Waals surface area contributed by atoms with Gasteiger partial charge < -0.3 is 14.8 Å². The highest BCUT2D eigenvalue weighted by Gasteiger charge is 2.33.